The number of hydrogen-bond donors (Lipinski definition) is 0. The van der Waals surface area contributed by atoms with Crippen molar-refractivity contribution in [2.45, 2.75) is 29.0 Å². The second-order valence-corrected chi connectivity index (χ2v) is 11.3. The van der Waals surface area contributed by atoms with E-state index in [2.05, 4.69) is 31.9 Å². The van der Waals surface area contributed by atoms with Crippen molar-refractivity contribution in [1.82, 2.24) is 10.0 Å². The summed E-state index contributed by atoms with van der Waals surface area (Å²) in [5.74, 6) is -2.85. The van der Waals surface area contributed by atoms with Crippen LogP contribution in [0.3, 0.4) is 0 Å². The quantitative estimate of drug-likeness (QED) is 0.190. The van der Waals surface area contributed by atoms with Gasteiger partial charge in [0.05, 0.1) is 28.9 Å². The standard InChI is InChI=1S/C22H17Br2Cl2N3O5/c23-17-8-15-16(9-18(17)24)22(32)28(21(15)31)27(20(30)11-1-4-13(25)5-2-11)10-12-3-6-14(26)7-19(12)29(33)34/h1-7,15-18H,8-10H2/t15-,16+,17-,18-/m0/s1. The molecule has 8 nitrogen and oxygen atoms in total. The number of rotatable bonds is 5. The molecule has 12 heteroatoms. The Hall–Kier alpha value is -2.01. The number of hydrazine groups is 1. The number of halogens is 4. The fraction of sp³-hybridized carbons (Fsp3) is 0.318. The van der Waals surface area contributed by atoms with Crippen molar-refractivity contribution in [3.63, 3.8) is 0 Å². The Morgan fingerprint density at radius 3 is 2.06 bits per heavy atom. The highest BCUT2D eigenvalue weighted by atomic mass is 79.9. The van der Waals surface area contributed by atoms with Gasteiger partial charge in [-0.2, -0.15) is 5.01 Å². The van der Waals surface area contributed by atoms with Crippen LogP contribution in [0.5, 0.6) is 0 Å². The number of nitro groups is 1. The number of hydrogen-bond acceptors (Lipinski definition) is 5. The summed E-state index contributed by atoms with van der Waals surface area (Å²) in [6, 6.07) is 9.98. The van der Waals surface area contributed by atoms with Crippen LogP contribution in [0, 0.1) is 22.0 Å². The van der Waals surface area contributed by atoms with Crippen molar-refractivity contribution in [3.05, 3.63) is 73.8 Å². The molecule has 1 aliphatic heterocycles. The van der Waals surface area contributed by atoms with E-state index in [0.717, 1.165) is 10.0 Å². The Balaban J connectivity index is 1.76. The van der Waals surface area contributed by atoms with Gasteiger partial charge in [0.2, 0.25) is 0 Å². The molecule has 4 atom stereocenters. The molecule has 2 aromatic rings. The first-order chi connectivity index (χ1) is 16.1. The second kappa shape index (κ2) is 9.93. The minimum absolute atomic E-state index is 0.0109. The number of fused-ring (bicyclic) bond motifs is 1. The highest BCUT2D eigenvalue weighted by Gasteiger charge is 2.54. The third kappa shape index (κ3) is 4.73. The molecule has 1 saturated carbocycles. The van der Waals surface area contributed by atoms with Crippen molar-refractivity contribution >= 4 is 78.5 Å². The predicted octanol–water partition coefficient (Wildman–Crippen LogP) is 5.38. The summed E-state index contributed by atoms with van der Waals surface area (Å²) in [4.78, 5) is 51.3. The van der Waals surface area contributed by atoms with Gasteiger partial charge in [0.15, 0.2) is 0 Å². The smallest absolute Gasteiger partial charge is 0.272 e. The van der Waals surface area contributed by atoms with Crippen molar-refractivity contribution in [1.29, 1.82) is 0 Å². The average Bonchev–Trinajstić information content (AvgIpc) is 3.02. The van der Waals surface area contributed by atoms with Crippen LogP contribution in [0.25, 0.3) is 0 Å². The molecule has 178 valence electrons. The topological polar surface area (TPSA) is 101 Å². The van der Waals surface area contributed by atoms with Gasteiger partial charge in [0, 0.05) is 31.3 Å². The molecule has 0 spiro atoms. The maximum atomic E-state index is 13.5. The molecule has 2 fully saturated rings. The fourth-order valence-electron chi connectivity index (χ4n) is 4.29. The monoisotopic (exact) mass is 631 g/mol. The largest absolute Gasteiger partial charge is 0.275 e. The summed E-state index contributed by atoms with van der Waals surface area (Å²) in [5.41, 5.74) is -0.0175. The van der Waals surface area contributed by atoms with Gasteiger partial charge in [-0.05, 0) is 49.2 Å². The zero-order valence-corrected chi connectivity index (χ0v) is 22.1. The van der Waals surface area contributed by atoms with Gasteiger partial charge in [-0.15, -0.1) is 0 Å². The lowest BCUT2D eigenvalue weighted by atomic mass is 9.81. The molecule has 2 aliphatic rings. The first-order valence-electron chi connectivity index (χ1n) is 10.2. The Kier molecular flexibility index (Phi) is 7.33. The van der Waals surface area contributed by atoms with Gasteiger partial charge in [0.1, 0.15) is 0 Å². The van der Waals surface area contributed by atoms with Crippen molar-refractivity contribution in [2.75, 3.05) is 0 Å². The molecule has 2 aromatic carbocycles. The molecule has 0 unspecified atom stereocenters. The third-order valence-electron chi connectivity index (χ3n) is 6.02. The lowest BCUT2D eigenvalue weighted by Crippen LogP contribution is -2.49. The summed E-state index contributed by atoms with van der Waals surface area (Å²) >= 11 is 19.0. The molecule has 0 N–H and O–H groups in total. The molecule has 0 bridgehead atoms. The number of nitro benzene ring substituents is 1. The number of amides is 3. The zero-order chi connectivity index (χ0) is 24.7. The van der Waals surface area contributed by atoms with Gasteiger partial charge in [-0.25, -0.2) is 5.01 Å². The molecule has 34 heavy (non-hydrogen) atoms. The summed E-state index contributed by atoms with van der Waals surface area (Å²) in [5, 5.41) is 14.0. The molecular weight excluding hydrogens is 617 g/mol. The van der Waals surface area contributed by atoms with Gasteiger partial charge < -0.3 is 0 Å². The van der Waals surface area contributed by atoms with Crippen LogP contribution in [0.15, 0.2) is 42.5 Å². The summed E-state index contributed by atoms with van der Waals surface area (Å²) in [6.45, 7) is -0.374. The van der Waals surface area contributed by atoms with E-state index >= 15 is 0 Å². The lowest BCUT2D eigenvalue weighted by molar-refractivity contribution is -0.385. The molecule has 1 heterocycles. The fourth-order valence-corrected chi connectivity index (χ4v) is 5.82. The van der Waals surface area contributed by atoms with Crippen molar-refractivity contribution in [2.24, 2.45) is 11.8 Å². The lowest BCUT2D eigenvalue weighted by Gasteiger charge is -2.30. The van der Waals surface area contributed by atoms with E-state index in [1.54, 1.807) is 0 Å². The molecule has 1 aliphatic carbocycles. The van der Waals surface area contributed by atoms with E-state index in [4.69, 9.17) is 23.2 Å². The number of alkyl halides is 2. The molecular formula is C22H17Br2Cl2N3O5. The van der Waals surface area contributed by atoms with Crippen LogP contribution < -0.4 is 0 Å². The van der Waals surface area contributed by atoms with Gasteiger partial charge in [-0.1, -0.05) is 55.1 Å². The average molecular weight is 634 g/mol. The van der Waals surface area contributed by atoms with E-state index < -0.39 is 34.5 Å². The zero-order valence-electron chi connectivity index (χ0n) is 17.4. The number of carbonyl (C=O) groups is 3. The molecule has 4 rings (SSSR count). The number of benzene rings is 2. The highest BCUT2D eigenvalue weighted by molar-refractivity contribution is 9.12. The van der Waals surface area contributed by atoms with Crippen LogP contribution in [-0.2, 0) is 16.1 Å². The van der Waals surface area contributed by atoms with Crippen LogP contribution in [-0.4, -0.2) is 42.3 Å². The van der Waals surface area contributed by atoms with Gasteiger partial charge in [-0.3, -0.25) is 24.5 Å². The Morgan fingerprint density at radius 2 is 1.53 bits per heavy atom. The van der Waals surface area contributed by atoms with Crippen LogP contribution in [0.1, 0.15) is 28.8 Å². The molecule has 0 aromatic heterocycles. The molecule has 3 amide bonds. The molecule has 1 saturated heterocycles. The second-order valence-electron chi connectivity index (χ2n) is 8.10. The minimum Gasteiger partial charge on any atom is -0.272 e. The SMILES string of the molecule is O=C(c1ccc(Cl)cc1)N(Cc1ccc(Cl)cc1[N+](=O)[O-])N1C(=O)[C@H]2C[C@H](Br)[C@@H](Br)C[C@H]2C1=O. The van der Waals surface area contributed by atoms with E-state index in [1.807, 2.05) is 0 Å². The maximum Gasteiger partial charge on any atom is 0.275 e. The van der Waals surface area contributed by atoms with E-state index in [1.165, 1.54) is 42.5 Å². The first-order valence-corrected chi connectivity index (χ1v) is 12.8. The van der Waals surface area contributed by atoms with Crippen molar-refractivity contribution < 1.29 is 19.3 Å². The predicted molar refractivity (Wildman–Crippen MR) is 133 cm³/mol. The summed E-state index contributed by atoms with van der Waals surface area (Å²) < 4.78 is 0. The Morgan fingerprint density at radius 1 is 1.00 bits per heavy atom. The van der Waals surface area contributed by atoms with Crippen LogP contribution in [0.2, 0.25) is 10.0 Å². The maximum absolute atomic E-state index is 13.5. The summed E-state index contributed by atoms with van der Waals surface area (Å²) in [6.07, 6.45) is 0.845. The normalized spacial score (nSPS) is 24.2. The highest BCUT2D eigenvalue weighted by Crippen LogP contribution is 2.44. The van der Waals surface area contributed by atoms with E-state index in [0.29, 0.717) is 17.9 Å². The van der Waals surface area contributed by atoms with Gasteiger partial charge in [0.25, 0.3) is 23.4 Å². The van der Waals surface area contributed by atoms with Gasteiger partial charge >= 0.3 is 0 Å². The van der Waals surface area contributed by atoms with E-state index in [9.17, 15) is 24.5 Å². The Labute approximate surface area is 221 Å². The summed E-state index contributed by atoms with van der Waals surface area (Å²) in [7, 11) is 0. The van der Waals surface area contributed by atoms with E-state index in [-0.39, 0.29) is 38.0 Å². The van der Waals surface area contributed by atoms with Crippen LogP contribution in [0.4, 0.5) is 5.69 Å². The van der Waals surface area contributed by atoms with Crippen LogP contribution >= 0.6 is 55.1 Å². The Bertz CT molecular complexity index is 1150. The number of nitrogens with zero attached hydrogens (tertiary/aromatic N) is 3. The third-order valence-corrected chi connectivity index (χ3v) is 9.24. The first kappa shape index (κ1) is 25.1. The molecule has 0 radical (unpaired) electrons. The minimum atomic E-state index is -0.660. The number of carbonyl (C=O) groups excluding carboxylic acids is 3. The number of imide groups is 1. The van der Waals surface area contributed by atoms with Crippen molar-refractivity contribution in [3.8, 4) is 0 Å².